The molecule has 0 aliphatic carbocycles. The summed E-state index contributed by atoms with van der Waals surface area (Å²) in [7, 11) is 1.38. The predicted molar refractivity (Wildman–Crippen MR) is 52.2 cm³/mol. The minimum atomic E-state index is -0.537. The summed E-state index contributed by atoms with van der Waals surface area (Å²) in [5.74, 6) is -0.673. The summed E-state index contributed by atoms with van der Waals surface area (Å²) >= 11 is 0. The van der Waals surface area contributed by atoms with Gasteiger partial charge in [0.05, 0.1) is 20.3 Å². The van der Waals surface area contributed by atoms with E-state index in [1.54, 1.807) is 0 Å². The molecular formula is C10H17NO4. The number of hydrogen-bond donors (Lipinski definition) is 1. The zero-order chi connectivity index (χ0) is 10.9. The lowest BCUT2D eigenvalue weighted by molar-refractivity contribution is -0.163. The molecule has 2 aliphatic rings. The average Bonchev–Trinajstić information content (AvgIpc) is 2.56. The van der Waals surface area contributed by atoms with E-state index in [0.29, 0.717) is 13.2 Å². The Hall–Kier alpha value is -0.650. The van der Waals surface area contributed by atoms with Crippen LogP contribution in [-0.2, 0) is 19.0 Å². The van der Waals surface area contributed by atoms with E-state index in [-0.39, 0.29) is 17.9 Å². The molecule has 0 aromatic carbocycles. The van der Waals surface area contributed by atoms with E-state index in [1.807, 2.05) is 0 Å². The maximum Gasteiger partial charge on any atom is 0.313 e. The summed E-state index contributed by atoms with van der Waals surface area (Å²) < 4.78 is 15.8. The maximum absolute atomic E-state index is 11.7. The van der Waals surface area contributed by atoms with Crippen LogP contribution in [0.1, 0.15) is 12.8 Å². The molecule has 2 fully saturated rings. The molecule has 2 heterocycles. The molecule has 0 amide bonds. The highest BCUT2D eigenvalue weighted by Crippen LogP contribution is 2.38. The van der Waals surface area contributed by atoms with Gasteiger partial charge >= 0.3 is 5.97 Å². The lowest BCUT2D eigenvalue weighted by Gasteiger charge is -2.36. The third-order valence-corrected chi connectivity index (χ3v) is 3.25. The minimum Gasteiger partial charge on any atom is -0.469 e. The van der Waals surface area contributed by atoms with Gasteiger partial charge in [0, 0.05) is 12.6 Å². The second kappa shape index (κ2) is 4.08. The molecule has 2 aliphatic heterocycles. The molecular weight excluding hydrogens is 198 g/mol. The van der Waals surface area contributed by atoms with Crippen LogP contribution >= 0.6 is 0 Å². The Morgan fingerprint density at radius 2 is 2.40 bits per heavy atom. The lowest BCUT2D eigenvalue weighted by Crippen LogP contribution is -2.51. The van der Waals surface area contributed by atoms with Gasteiger partial charge in [0.2, 0.25) is 0 Å². The number of hydrogen-bond acceptors (Lipinski definition) is 5. The third-order valence-electron chi connectivity index (χ3n) is 3.25. The van der Waals surface area contributed by atoms with Gasteiger partial charge in [-0.25, -0.2) is 0 Å². The average molecular weight is 215 g/mol. The Kier molecular flexibility index (Phi) is 2.95. The fraction of sp³-hybridized carbons (Fsp3) is 0.900. The largest absolute Gasteiger partial charge is 0.469 e. The fourth-order valence-corrected chi connectivity index (χ4v) is 2.50. The van der Waals surface area contributed by atoms with Crippen molar-refractivity contribution in [2.45, 2.75) is 24.5 Å². The van der Waals surface area contributed by atoms with Crippen LogP contribution in [0.2, 0.25) is 0 Å². The first-order valence-corrected chi connectivity index (χ1v) is 5.25. The summed E-state index contributed by atoms with van der Waals surface area (Å²) in [5, 5.41) is 0. The molecule has 0 saturated carbocycles. The first kappa shape index (κ1) is 10.9. The zero-order valence-corrected chi connectivity index (χ0v) is 8.90. The van der Waals surface area contributed by atoms with Gasteiger partial charge < -0.3 is 19.9 Å². The van der Waals surface area contributed by atoms with E-state index in [0.717, 1.165) is 19.4 Å². The van der Waals surface area contributed by atoms with Crippen molar-refractivity contribution in [3.05, 3.63) is 0 Å². The van der Waals surface area contributed by atoms with Crippen molar-refractivity contribution in [1.29, 1.82) is 0 Å². The highest BCUT2D eigenvalue weighted by atomic mass is 16.6. The molecule has 3 atom stereocenters. The number of carbonyl (C=O) groups excluding carboxylic acids is 1. The predicted octanol–water partition coefficient (Wildman–Crippen LogP) is -0.318. The molecule has 3 unspecified atom stereocenters. The van der Waals surface area contributed by atoms with Crippen molar-refractivity contribution in [1.82, 2.24) is 0 Å². The van der Waals surface area contributed by atoms with Crippen molar-refractivity contribution in [3.63, 3.8) is 0 Å². The van der Waals surface area contributed by atoms with E-state index in [4.69, 9.17) is 19.9 Å². The van der Waals surface area contributed by atoms with Crippen molar-refractivity contribution in [3.8, 4) is 0 Å². The zero-order valence-electron chi connectivity index (χ0n) is 8.90. The van der Waals surface area contributed by atoms with Crippen LogP contribution in [0.25, 0.3) is 0 Å². The van der Waals surface area contributed by atoms with E-state index < -0.39 is 5.60 Å². The second-order valence-electron chi connectivity index (χ2n) is 4.20. The second-order valence-corrected chi connectivity index (χ2v) is 4.20. The third kappa shape index (κ3) is 1.75. The molecule has 0 radical (unpaired) electrons. The van der Waals surface area contributed by atoms with Crippen LogP contribution < -0.4 is 5.73 Å². The Bertz CT molecular complexity index is 244. The van der Waals surface area contributed by atoms with Gasteiger partial charge in [-0.15, -0.1) is 0 Å². The topological polar surface area (TPSA) is 70.8 Å². The van der Waals surface area contributed by atoms with Crippen molar-refractivity contribution < 1.29 is 19.0 Å². The maximum atomic E-state index is 11.7. The summed E-state index contributed by atoms with van der Waals surface area (Å²) in [4.78, 5) is 11.7. The number of rotatable bonds is 1. The molecule has 5 nitrogen and oxygen atoms in total. The standard InChI is InChI=1S/C10H17NO4/c1-13-9(12)8-7(11)5-15-10(8)3-2-4-14-6-10/h7-8H,2-6,11H2,1H3. The van der Waals surface area contributed by atoms with Gasteiger partial charge in [-0.3, -0.25) is 4.79 Å². The van der Waals surface area contributed by atoms with Gasteiger partial charge in [0.25, 0.3) is 0 Å². The number of ether oxygens (including phenoxy) is 3. The highest BCUT2D eigenvalue weighted by molar-refractivity contribution is 5.75. The Morgan fingerprint density at radius 3 is 3.00 bits per heavy atom. The number of esters is 1. The molecule has 2 N–H and O–H groups in total. The Labute approximate surface area is 88.9 Å². The number of nitrogens with two attached hydrogens (primary N) is 1. The quantitative estimate of drug-likeness (QED) is 0.607. The Morgan fingerprint density at radius 1 is 1.60 bits per heavy atom. The summed E-state index contributed by atoms with van der Waals surface area (Å²) in [6.45, 7) is 1.58. The first-order valence-electron chi connectivity index (χ1n) is 5.25. The van der Waals surface area contributed by atoms with Crippen LogP contribution in [0.5, 0.6) is 0 Å². The van der Waals surface area contributed by atoms with Crippen molar-refractivity contribution in [2.75, 3.05) is 26.9 Å². The van der Waals surface area contributed by atoms with Crippen LogP contribution in [0.3, 0.4) is 0 Å². The van der Waals surface area contributed by atoms with E-state index in [1.165, 1.54) is 7.11 Å². The molecule has 2 rings (SSSR count). The van der Waals surface area contributed by atoms with Gasteiger partial charge in [0.1, 0.15) is 11.5 Å². The highest BCUT2D eigenvalue weighted by Gasteiger charge is 2.54. The Balaban J connectivity index is 2.18. The number of carbonyl (C=O) groups is 1. The molecule has 0 aromatic rings. The summed E-state index contributed by atoms with van der Waals surface area (Å²) in [6.07, 6.45) is 1.72. The summed E-state index contributed by atoms with van der Waals surface area (Å²) in [6, 6.07) is -0.279. The molecule has 0 aromatic heterocycles. The smallest absolute Gasteiger partial charge is 0.313 e. The van der Waals surface area contributed by atoms with Crippen LogP contribution in [0.15, 0.2) is 0 Å². The van der Waals surface area contributed by atoms with Crippen LogP contribution in [-0.4, -0.2) is 44.5 Å². The van der Waals surface area contributed by atoms with Crippen molar-refractivity contribution in [2.24, 2.45) is 11.7 Å². The number of methoxy groups -OCH3 is 1. The van der Waals surface area contributed by atoms with E-state index in [9.17, 15) is 4.79 Å². The van der Waals surface area contributed by atoms with Crippen LogP contribution in [0, 0.1) is 5.92 Å². The van der Waals surface area contributed by atoms with Gasteiger partial charge in [0.15, 0.2) is 0 Å². The summed E-state index contributed by atoms with van der Waals surface area (Å²) in [5.41, 5.74) is 5.34. The molecule has 15 heavy (non-hydrogen) atoms. The minimum absolute atomic E-state index is 0.279. The van der Waals surface area contributed by atoms with E-state index in [2.05, 4.69) is 0 Å². The monoisotopic (exact) mass is 215 g/mol. The fourth-order valence-electron chi connectivity index (χ4n) is 2.50. The normalized spacial score (nSPS) is 40.7. The lowest BCUT2D eigenvalue weighted by atomic mass is 9.81. The van der Waals surface area contributed by atoms with Crippen molar-refractivity contribution >= 4 is 5.97 Å². The SMILES string of the molecule is COC(=O)C1C(N)COC12CCCOC2. The van der Waals surface area contributed by atoms with E-state index >= 15 is 0 Å². The molecule has 5 heteroatoms. The molecule has 2 saturated heterocycles. The van der Waals surface area contributed by atoms with Gasteiger partial charge in [-0.2, -0.15) is 0 Å². The molecule has 86 valence electrons. The van der Waals surface area contributed by atoms with Crippen LogP contribution in [0.4, 0.5) is 0 Å². The molecule has 0 bridgehead atoms. The van der Waals surface area contributed by atoms with Gasteiger partial charge in [-0.05, 0) is 12.8 Å². The molecule has 1 spiro atoms. The first-order chi connectivity index (χ1) is 7.19. The van der Waals surface area contributed by atoms with Gasteiger partial charge in [-0.1, -0.05) is 0 Å².